The molecule has 4 rings (SSSR count). The van der Waals surface area contributed by atoms with Crippen molar-refractivity contribution in [2.24, 2.45) is 5.92 Å². The van der Waals surface area contributed by atoms with Crippen molar-refractivity contribution >= 4 is 28.2 Å². The summed E-state index contributed by atoms with van der Waals surface area (Å²) in [5.41, 5.74) is 3.31. The second-order valence-corrected chi connectivity index (χ2v) is 8.55. The molecule has 0 radical (unpaired) electrons. The van der Waals surface area contributed by atoms with Crippen molar-refractivity contribution in [3.8, 4) is 0 Å². The number of fused-ring (bicyclic) bond motifs is 5. The van der Waals surface area contributed by atoms with E-state index in [9.17, 15) is 9.59 Å². The molecule has 0 saturated heterocycles. The summed E-state index contributed by atoms with van der Waals surface area (Å²) in [6.07, 6.45) is 2.82. The topological polar surface area (TPSA) is 96.5 Å². The van der Waals surface area contributed by atoms with Gasteiger partial charge in [-0.05, 0) is 31.7 Å². The second-order valence-electron chi connectivity index (χ2n) is 8.55. The Morgan fingerprint density at radius 2 is 2.10 bits per heavy atom. The highest BCUT2D eigenvalue weighted by molar-refractivity contribution is 6.03. The van der Waals surface area contributed by atoms with Gasteiger partial charge in [0.05, 0.1) is 36.7 Å². The van der Waals surface area contributed by atoms with Crippen molar-refractivity contribution in [3.63, 3.8) is 0 Å². The van der Waals surface area contributed by atoms with Gasteiger partial charge in [-0.1, -0.05) is 13.8 Å². The van der Waals surface area contributed by atoms with Gasteiger partial charge in [-0.2, -0.15) is 0 Å². The zero-order valence-electron chi connectivity index (χ0n) is 17.4. The average Bonchev–Trinajstić information content (AvgIpc) is 3.02. The summed E-state index contributed by atoms with van der Waals surface area (Å²) < 4.78 is 17.8. The lowest BCUT2D eigenvalue weighted by molar-refractivity contribution is -0.141. The number of hydrogen-bond donors (Lipinski definition) is 0. The molecular formula is C21H25N3O5. The standard InChI is InChI=1S/C21H25N3O5/c1-11(2)6-14-13-9-28-21(3,4)7-12(13)16-17-18(29-19(16)23-14)20(26)24(10-22-17)8-15(25)27-5/h10-11H,6-9H2,1-5H3. The van der Waals surface area contributed by atoms with Crippen LogP contribution in [0.1, 0.15) is 44.5 Å². The Hall–Kier alpha value is -2.74. The lowest BCUT2D eigenvalue weighted by Crippen LogP contribution is -2.33. The SMILES string of the molecule is COC(=O)Cn1cnc2c(oc3nc(CC(C)C)c4c(c32)CC(C)(C)OC4)c1=O. The van der Waals surface area contributed by atoms with E-state index in [1.807, 2.05) is 13.8 Å². The van der Waals surface area contributed by atoms with Gasteiger partial charge in [-0.3, -0.25) is 14.2 Å². The van der Waals surface area contributed by atoms with Crippen molar-refractivity contribution < 1.29 is 18.7 Å². The van der Waals surface area contributed by atoms with Gasteiger partial charge in [0.2, 0.25) is 11.3 Å². The minimum atomic E-state index is -0.530. The van der Waals surface area contributed by atoms with Crippen molar-refractivity contribution in [1.29, 1.82) is 0 Å². The molecule has 0 amide bonds. The van der Waals surface area contributed by atoms with Crippen LogP contribution in [0.25, 0.3) is 22.2 Å². The number of pyridine rings is 1. The predicted molar refractivity (Wildman–Crippen MR) is 107 cm³/mol. The van der Waals surface area contributed by atoms with Crippen molar-refractivity contribution in [2.75, 3.05) is 7.11 Å². The Morgan fingerprint density at radius 3 is 2.79 bits per heavy atom. The highest BCUT2D eigenvalue weighted by Gasteiger charge is 2.32. The van der Waals surface area contributed by atoms with E-state index in [1.165, 1.54) is 18.0 Å². The molecule has 0 atom stereocenters. The van der Waals surface area contributed by atoms with Gasteiger partial charge in [-0.15, -0.1) is 0 Å². The van der Waals surface area contributed by atoms with Crippen LogP contribution in [0, 0.1) is 5.92 Å². The van der Waals surface area contributed by atoms with Gasteiger partial charge in [0.25, 0.3) is 5.56 Å². The first-order chi connectivity index (χ1) is 13.7. The normalized spacial score (nSPS) is 15.8. The van der Waals surface area contributed by atoms with E-state index in [0.29, 0.717) is 30.2 Å². The molecule has 1 aliphatic rings. The zero-order chi connectivity index (χ0) is 20.9. The van der Waals surface area contributed by atoms with Crippen LogP contribution in [0.5, 0.6) is 0 Å². The first-order valence-corrected chi connectivity index (χ1v) is 9.73. The Kier molecular flexibility index (Phi) is 4.69. The molecule has 4 heterocycles. The van der Waals surface area contributed by atoms with Crippen molar-refractivity contribution in [2.45, 2.75) is 59.3 Å². The molecule has 0 saturated carbocycles. The molecule has 0 unspecified atom stereocenters. The van der Waals surface area contributed by atoms with Gasteiger partial charge in [-0.25, -0.2) is 9.97 Å². The number of nitrogens with zero attached hydrogens (tertiary/aromatic N) is 3. The molecule has 0 bridgehead atoms. The Bertz CT molecular complexity index is 1170. The molecule has 154 valence electrons. The number of rotatable bonds is 4. The van der Waals surface area contributed by atoms with Crippen LogP contribution in [0.2, 0.25) is 0 Å². The summed E-state index contributed by atoms with van der Waals surface area (Å²) in [6, 6.07) is 0. The van der Waals surface area contributed by atoms with E-state index in [-0.39, 0.29) is 17.7 Å². The third-order valence-electron chi connectivity index (χ3n) is 5.24. The first-order valence-electron chi connectivity index (χ1n) is 9.73. The third-order valence-corrected chi connectivity index (χ3v) is 5.24. The van der Waals surface area contributed by atoms with E-state index in [1.54, 1.807) is 0 Å². The molecular weight excluding hydrogens is 374 g/mol. The Balaban J connectivity index is 1.99. The van der Waals surface area contributed by atoms with Crippen LogP contribution < -0.4 is 5.56 Å². The van der Waals surface area contributed by atoms with E-state index in [2.05, 4.69) is 23.6 Å². The fourth-order valence-corrected chi connectivity index (χ4v) is 3.84. The van der Waals surface area contributed by atoms with Gasteiger partial charge >= 0.3 is 5.97 Å². The van der Waals surface area contributed by atoms with Gasteiger partial charge in [0.1, 0.15) is 12.1 Å². The summed E-state index contributed by atoms with van der Waals surface area (Å²) in [7, 11) is 1.27. The lowest BCUT2D eigenvalue weighted by atomic mass is 9.88. The number of hydrogen-bond acceptors (Lipinski definition) is 7. The summed E-state index contributed by atoms with van der Waals surface area (Å²) >= 11 is 0. The van der Waals surface area contributed by atoms with E-state index in [4.69, 9.17) is 14.1 Å². The first kappa shape index (κ1) is 19.6. The van der Waals surface area contributed by atoms with Crippen molar-refractivity contribution in [3.05, 3.63) is 33.5 Å². The summed E-state index contributed by atoms with van der Waals surface area (Å²) in [6.45, 7) is 8.61. The molecule has 0 spiro atoms. The molecule has 1 aliphatic heterocycles. The molecule has 8 heteroatoms. The quantitative estimate of drug-likeness (QED) is 0.622. The predicted octanol–water partition coefficient (Wildman–Crippen LogP) is 2.76. The van der Waals surface area contributed by atoms with Gasteiger partial charge in [0, 0.05) is 12.0 Å². The molecule has 3 aromatic heterocycles. The maximum atomic E-state index is 12.9. The smallest absolute Gasteiger partial charge is 0.325 e. The highest BCUT2D eigenvalue weighted by atomic mass is 16.5. The van der Waals surface area contributed by atoms with Gasteiger partial charge in [0.15, 0.2) is 0 Å². The van der Waals surface area contributed by atoms with Crippen LogP contribution in [0.4, 0.5) is 0 Å². The third kappa shape index (κ3) is 3.42. The molecule has 0 fully saturated rings. The van der Waals surface area contributed by atoms with Crippen LogP contribution >= 0.6 is 0 Å². The summed E-state index contributed by atoms with van der Waals surface area (Å²) in [5, 5.41) is 0.765. The van der Waals surface area contributed by atoms with Crippen molar-refractivity contribution in [1.82, 2.24) is 14.5 Å². The number of furan rings is 1. The average molecular weight is 399 g/mol. The zero-order valence-corrected chi connectivity index (χ0v) is 17.4. The van der Waals surface area contributed by atoms with Crippen LogP contribution in [-0.4, -0.2) is 33.2 Å². The fourth-order valence-electron chi connectivity index (χ4n) is 3.84. The minimum absolute atomic E-state index is 0.104. The monoisotopic (exact) mass is 399 g/mol. The second kappa shape index (κ2) is 6.95. The van der Waals surface area contributed by atoms with Crippen LogP contribution in [0.3, 0.4) is 0 Å². The summed E-state index contributed by atoms with van der Waals surface area (Å²) in [5.74, 6) is -0.114. The number of aromatic nitrogens is 3. The Labute approximate surface area is 167 Å². The number of methoxy groups -OCH3 is 1. The minimum Gasteiger partial charge on any atom is -0.468 e. The molecule has 8 nitrogen and oxygen atoms in total. The molecule has 3 aromatic rings. The van der Waals surface area contributed by atoms with Crippen LogP contribution in [0.15, 0.2) is 15.5 Å². The Morgan fingerprint density at radius 1 is 1.34 bits per heavy atom. The number of carbonyl (C=O) groups is 1. The van der Waals surface area contributed by atoms with E-state index < -0.39 is 11.5 Å². The fraction of sp³-hybridized carbons (Fsp3) is 0.524. The lowest BCUT2D eigenvalue weighted by Gasteiger charge is -2.33. The number of esters is 1. The molecule has 0 N–H and O–H groups in total. The molecule has 29 heavy (non-hydrogen) atoms. The van der Waals surface area contributed by atoms with Crippen LogP contribution in [-0.2, 0) is 40.3 Å². The number of ether oxygens (including phenoxy) is 2. The summed E-state index contributed by atoms with van der Waals surface area (Å²) in [4.78, 5) is 33.6. The van der Waals surface area contributed by atoms with Gasteiger partial charge < -0.3 is 13.9 Å². The van der Waals surface area contributed by atoms with E-state index in [0.717, 1.165) is 28.6 Å². The maximum Gasteiger partial charge on any atom is 0.325 e. The molecule has 0 aliphatic carbocycles. The highest BCUT2D eigenvalue weighted by Crippen LogP contribution is 2.38. The molecule has 0 aromatic carbocycles. The van der Waals surface area contributed by atoms with E-state index >= 15 is 0 Å². The maximum absolute atomic E-state index is 12.9. The largest absolute Gasteiger partial charge is 0.468 e. The number of carbonyl (C=O) groups excluding carboxylic acids is 1.